The third kappa shape index (κ3) is 4.11. The van der Waals surface area contributed by atoms with Crippen LogP contribution in [0, 0.1) is 6.92 Å². The first-order valence-corrected chi connectivity index (χ1v) is 20.3. The van der Waals surface area contributed by atoms with E-state index < -0.39 is 11.2 Å². The second kappa shape index (κ2) is 11.2. The minimum absolute atomic E-state index is 0.0582. The molecule has 1 N–H and O–H groups in total. The summed E-state index contributed by atoms with van der Waals surface area (Å²) in [4.78, 5) is 17.4. The lowest BCUT2D eigenvalue weighted by Gasteiger charge is -2.43. The molecule has 0 fully saturated rings. The van der Waals surface area contributed by atoms with Gasteiger partial charge in [-0.2, -0.15) is 0 Å². The number of benzene rings is 4. The van der Waals surface area contributed by atoms with Crippen LogP contribution < -0.4 is 0 Å². The van der Waals surface area contributed by atoms with E-state index in [2.05, 4.69) is 174 Å². The molecular weight excluding hydrogens is 685 g/mol. The third-order valence-electron chi connectivity index (χ3n) is 13.5. The molecule has 5 aliphatic rings. The van der Waals surface area contributed by atoms with Gasteiger partial charge in [0.2, 0.25) is 0 Å². The van der Waals surface area contributed by atoms with Crippen molar-refractivity contribution in [3.63, 3.8) is 0 Å². The minimum atomic E-state index is -0.559. The van der Waals surface area contributed by atoms with E-state index in [9.17, 15) is 0 Å². The number of aryl methyl sites for hydroxylation is 1. The number of rotatable bonds is 4. The Labute approximate surface area is 326 Å². The third-order valence-corrected chi connectivity index (χ3v) is 13.5. The molecule has 0 saturated carbocycles. The lowest BCUT2D eigenvalue weighted by molar-refractivity contribution is 0.145. The van der Waals surface area contributed by atoms with Crippen molar-refractivity contribution in [2.75, 3.05) is 0 Å². The maximum absolute atomic E-state index is 5.60. The number of aliphatic imine (C=N–C) groups is 1. The predicted molar refractivity (Wildman–Crippen MR) is 230 cm³/mol. The molecule has 0 amide bonds. The fourth-order valence-electron chi connectivity index (χ4n) is 11.0. The Bertz CT molecular complexity index is 2910. The van der Waals surface area contributed by atoms with Crippen LogP contribution in [-0.2, 0) is 24.0 Å². The number of aromatic amines is 1. The van der Waals surface area contributed by atoms with E-state index >= 15 is 0 Å². The van der Waals surface area contributed by atoms with Gasteiger partial charge in [-0.25, -0.2) is 4.98 Å². The topological polar surface area (TPSA) is 54.1 Å². The number of aromatic nitrogens is 4. The van der Waals surface area contributed by atoms with Gasteiger partial charge in [-0.15, -0.1) is 0 Å². The molecule has 3 aliphatic carbocycles. The van der Waals surface area contributed by atoms with Crippen molar-refractivity contribution in [1.29, 1.82) is 0 Å². The van der Waals surface area contributed by atoms with E-state index in [4.69, 9.17) is 9.98 Å². The van der Waals surface area contributed by atoms with Crippen LogP contribution in [0.15, 0.2) is 120 Å². The summed E-state index contributed by atoms with van der Waals surface area (Å²) in [6.07, 6.45) is 22.9. The average molecular weight is 729 g/mol. The van der Waals surface area contributed by atoms with E-state index in [1.807, 2.05) is 0 Å². The van der Waals surface area contributed by atoms with E-state index in [0.29, 0.717) is 0 Å². The number of hydrogen-bond donors (Lipinski definition) is 1. The highest BCUT2D eigenvalue weighted by Crippen LogP contribution is 2.53. The van der Waals surface area contributed by atoms with Crippen molar-refractivity contribution in [2.24, 2.45) is 4.99 Å². The number of amidine groups is 1. The molecule has 6 nitrogen and oxygen atoms in total. The second-order valence-electron chi connectivity index (χ2n) is 17.0. The molecule has 0 saturated heterocycles. The van der Waals surface area contributed by atoms with Crippen LogP contribution in [0.2, 0.25) is 0 Å². The summed E-state index contributed by atoms with van der Waals surface area (Å²) in [5, 5.41) is 2.53. The molecule has 0 radical (unpaired) electrons. The SMILES string of the molecule is Cc1ccc2nc(-c3cc4c(cc3C(C)(C)n3c5ccccc5c5ccccc53)C3=NC5C=CC=CC5N3C4(C)n3c4c(c5c3C=CCC5)CCC=C4)[nH]c2c1. The molecule has 4 aromatic carbocycles. The Morgan fingerprint density at radius 3 is 2.18 bits per heavy atom. The molecule has 3 unspecified atom stereocenters. The normalized spacial score (nSPS) is 21.9. The summed E-state index contributed by atoms with van der Waals surface area (Å²) in [5.41, 5.74) is 15.2. The number of allylic oxidation sites excluding steroid dienone is 4. The monoisotopic (exact) mass is 728 g/mol. The maximum atomic E-state index is 5.60. The summed E-state index contributed by atoms with van der Waals surface area (Å²) >= 11 is 0. The van der Waals surface area contributed by atoms with Crippen LogP contribution >= 0.6 is 0 Å². The van der Waals surface area contributed by atoms with E-state index in [1.165, 1.54) is 66.6 Å². The number of imidazole rings is 1. The lowest BCUT2D eigenvalue weighted by atomic mass is 9.84. The fourth-order valence-corrected chi connectivity index (χ4v) is 11.0. The van der Waals surface area contributed by atoms with Gasteiger partial charge in [0.05, 0.1) is 28.7 Å². The van der Waals surface area contributed by atoms with Crippen LogP contribution in [0.4, 0.5) is 0 Å². The molecule has 0 spiro atoms. The number of nitrogens with zero attached hydrogens (tertiary/aromatic N) is 5. The number of nitrogens with one attached hydrogen (secondary N) is 1. The molecule has 56 heavy (non-hydrogen) atoms. The molecule has 3 atom stereocenters. The van der Waals surface area contributed by atoms with Crippen LogP contribution in [0.25, 0.3) is 56.4 Å². The number of para-hydroxylation sites is 2. The highest BCUT2D eigenvalue weighted by molar-refractivity contribution is 6.09. The maximum Gasteiger partial charge on any atom is 0.143 e. The smallest absolute Gasteiger partial charge is 0.143 e. The number of H-pyrrole nitrogens is 1. The van der Waals surface area contributed by atoms with Gasteiger partial charge in [0.25, 0.3) is 0 Å². The molecule has 6 heteroatoms. The first kappa shape index (κ1) is 32.1. The lowest BCUT2D eigenvalue weighted by Crippen LogP contribution is -2.52. The zero-order valence-corrected chi connectivity index (χ0v) is 32.3. The van der Waals surface area contributed by atoms with Crippen molar-refractivity contribution in [3.8, 4) is 11.4 Å². The summed E-state index contributed by atoms with van der Waals surface area (Å²) < 4.78 is 5.24. The fraction of sp³-hybridized carbons (Fsp3) is 0.240. The van der Waals surface area contributed by atoms with Gasteiger partial charge in [-0.1, -0.05) is 78.9 Å². The van der Waals surface area contributed by atoms with Crippen molar-refractivity contribution < 1.29 is 0 Å². The Balaban J connectivity index is 1.20. The molecule has 7 aromatic rings. The highest BCUT2D eigenvalue weighted by atomic mass is 15.4. The Morgan fingerprint density at radius 1 is 0.786 bits per heavy atom. The molecule has 0 bridgehead atoms. The molecule has 12 rings (SSSR count). The largest absolute Gasteiger partial charge is 0.338 e. The Morgan fingerprint density at radius 2 is 1.46 bits per heavy atom. The van der Waals surface area contributed by atoms with Gasteiger partial charge >= 0.3 is 0 Å². The van der Waals surface area contributed by atoms with E-state index in [0.717, 1.165) is 53.9 Å². The molecule has 3 aromatic heterocycles. The molecule has 274 valence electrons. The van der Waals surface area contributed by atoms with Crippen molar-refractivity contribution in [3.05, 3.63) is 160 Å². The summed E-state index contributed by atoms with van der Waals surface area (Å²) in [6.45, 7) is 9.37. The van der Waals surface area contributed by atoms with Crippen LogP contribution in [0.1, 0.15) is 78.4 Å². The number of fused-ring (bicyclic) bond motifs is 12. The molecular formula is C50H44N6. The summed E-state index contributed by atoms with van der Waals surface area (Å²) in [7, 11) is 0. The number of hydrogen-bond acceptors (Lipinski definition) is 3. The van der Waals surface area contributed by atoms with Crippen LogP contribution in [-0.4, -0.2) is 41.9 Å². The Kier molecular flexibility index (Phi) is 6.44. The van der Waals surface area contributed by atoms with Crippen LogP contribution in [0.5, 0.6) is 0 Å². The zero-order chi connectivity index (χ0) is 37.5. The van der Waals surface area contributed by atoms with Gasteiger partial charge in [0, 0.05) is 49.9 Å². The summed E-state index contributed by atoms with van der Waals surface area (Å²) in [5.74, 6) is 1.97. The average Bonchev–Trinajstić information content (AvgIpc) is 4.02. The predicted octanol–water partition coefficient (Wildman–Crippen LogP) is 10.8. The molecule has 5 heterocycles. The van der Waals surface area contributed by atoms with Crippen LogP contribution in [0.3, 0.4) is 0 Å². The summed E-state index contributed by atoms with van der Waals surface area (Å²) in [6, 6.07) is 29.4. The second-order valence-corrected chi connectivity index (χ2v) is 17.0. The zero-order valence-electron chi connectivity index (χ0n) is 32.3. The van der Waals surface area contributed by atoms with Gasteiger partial charge in [-0.05, 0) is 124 Å². The van der Waals surface area contributed by atoms with Gasteiger partial charge < -0.3 is 19.0 Å². The van der Waals surface area contributed by atoms with Gasteiger partial charge in [0.1, 0.15) is 17.3 Å². The molecule has 2 aliphatic heterocycles. The van der Waals surface area contributed by atoms with Gasteiger partial charge in [0.15, 0.2) is 0 Å². The van der Waals surface area contributed by atoms with Crippen molar-refractivity contribution in [1.82, 2.24) is 24.0 Å². The standard InChI is InChI=1S/C50H44N6/c1-30-25-26-39-41(27-30)52-47(51-39)35-28-38-36(29-37(35)49(2,3)54-42-20-10-5-15-31(42)32-16-6-11-21-43(32)54)48-53-40-19-9-14-24-46(40)56(48)50(38,4)55-44-22-12-7-17-33(44)34-18-8-13-23-45(34)55/h5-6,9-16,19-29,40,46H,7-8,17-18H2,1-4H3,(H,51,52). The quantitative estimate of drug-likeness (QED) is 0.196. The van der Waals surface area contributed by atoms with E-state index in [-0.39, 0.29) is 12.1 Å². The Hall–Kier alpha value is -6.14. The van der Waals surface area contributed by atoms with E-state index in [1.54, 1.807) is 0 Å². The first-order chi connectivity index (χ1) is 27.3. The van der Waals surface area contributed by atoms with Crippen molar-refractivity contribution >= 4 is 50.8 Å². The van der Waals surface area contributed by atoms with Gasteiger partial charge in [-0.3, -0.25) is 4.99 Å². The first-order valence-electron chi connectivity index (χ1n) is 20.3. The highest BCUT2D eigenvalue weighted by Gasteiger charge is 2.55. The minimum Gasteiger partial charge on any atom is -0.338 e. The van der Waals surface area contributed by atoms with Crippen molar-refractivity contribution in [2.45, 2.75) is 76.7 Å².